The second kappa shape index (κ2) is 9.05. The molecular formula is C24H30N2O2. The SMILES string of the molecule is CC(C)[C@H](NC(=O)Cc1ccccc1)C(=O)NCC1(c2ccccc2)CCC1. The minimum Gasteiger partial charge on any atom is -0.353 e. The Balaban J connectivity index is 1.59. The monoisotopic (exact) mass is 378 g/mol. The lowest BCUT2D eigenvalue weighted by atomic mass is 9.64. The number of nitrogens with one attached hydrogen (secondary N) is 2. The van der Waals surface area contributed by atoms with Crippen LogP contribution in [0.3, 0.4) is 0 Å². The molecule has 0 spiro atoms. The van der Waals surface area contributed by atoms with Crippen molar-refractivity contribution in [1.29, 1.82) is 0 Å². The Kier molecular flexibility index (Phi) is 6.50. The summed E-state index contributed by atoms with van der Waals surface area (Å²) in [5.41, 5.74) is 2.27. The summed E-state index contributed by atoms with van der Waals surface area (Å²) in [6.07, 6.45) is 3.64. The molecule has 0 aliphatic heterocycles. The Morgan fingerprint density at radius 1 is 0.964 bits per heavy atom. The second-order valence-corrected chi connectivity index (χ2v) is 8.17. The smallest absolute Gasteiger partial charge is 0.242 e. The molecule has 0 bridgehead atoms. The molecule has 1 aliphatic carbocycles. The van der Waals surface area contributed by atoms with Gasteiger partial charge < -0.3 is 10.6 Å². The number of benzene rings is 2. The van der Waals surface area contributed by atoms with E-state index in [4.69, 9.17) is 0 Å². The molecule has 0 radical (unpaired) electrons. The number of hydrogen-bond donors (Lipinski definition) is 2. The Bertz CT molecular complexity index is 783. The largest absolute Gasteiger partial charge is 0.353 e. The molecule has 4 nitrogen and oxygen atoms in total. The summed E-state index contributed by atoms with van der Waals surface area (Å²) in [5, 5.41) is 6.05. The van der Waals surface area contributed by atoms with Gasteiger partial charge in [0.2, 0.25) is 11.8 Å². The molecule has 4 heteroatoms. The highest BCUT2D eigenvalue weighted by molar-refractivity contribution is 5.88. The van der Waals surface area contributed by atoms with Gasteiger partial charge in [0, 0.05) is 12.0 Å². The average molecular weight is 379 g/mol. The quantitative estimate of drug-likeness (QED) is 0.737. The van der Waals surface area contributed by atoms with Crippen molar-refractivity contribution in [3.8, 4) is 0 Å². The van der Waals surface area contributed by atoms with Gasteiger partial charge in [-0.2, -0.15) is 0 Å². The molecule has 2 aromatic rings. The van der Waals surface area contributed by atoms with Crippen LogP contribution in [0.1, 0.15) is 44.2 Å². The summed E-state index contributed by atoms with van der Waals surface area (Å²) in [5.74, 6) is -0.200. The Morgan fingerprint density at radius 2 is 1.57 bits per heavy atom. The van der Waals surface area contributed by atoms with Crippen LogP contribution in [0.4, 0.5) is 0 Å². The summed E-state index contributed by atoms with van der Waals surface area (Å²) < 4.78 is 0. The van der Waals surface area contributed by atoms with Crippen molar-refractivity contribution in [2.75, 3.05) is 6.54 Å². The van der Waals surface area contributed by atoms with E-state index in [0.717, 1.165) is 18.4 Å². The highest BCUT2D eigenvalue weighted by Gasteiger charge is 2.39. The first-order chi connectivity index (χ1) is 13.5. The molecular weight excluding hydrogens is 348 g/mol. The van der Waals surface area contributed by atoms with Gasteiger partial charge in [-0.3, -0.25) is 9.59 Å². The van der Waals surface area contributed by atoms with Crippen LogP contribution >= 0.6 is 0 Å². The van der Waals surface area contributed by atoms with Crippen molar-refractivity contribution in [1.82, 2.24) is 10.6 Å². The van der Waals surface area contributed by atoms with E-state index in [0.29, 0.717) is 6.54 Å². The molecule has 1 fully saturated rings. The van der Waals surface area contributed by atoms with Crippen molar-refractivity contribution in [3.63, 3.8) is 0 Å². The van der Waals surface area contributed by atoms with E-state index in [2.05, 4.69) is 34.9 Å². The Morgan fingerprint density at radius 3 is 2.11 bits per heavy atom. The van der Waals surface area contributed by atoms with Gasteiger partial charge in [-0.1, -0.05) is 80.9 Å². The fourth-order valence-corrected chi connectivity index (χ4v) is 3.87. The molecule has 28 heavy (non-hydrogen) atoms. The van der Waals surface area contributed by atoms with Crippen molar-refractivity contribution in [3.05, 3.63) is 71.8 Å². The second-order valence-electron chi connectivity index (χ2n) is 8.17. The standard InChI is InChI=1S/C24H30N2O2/c1-18(2)22(26-21(27)16-19-10-5-3-6-11-19)23(28)25-17-24(14-9-15-24)20-12-7-4-8-13-20/h3-8,10-13,18,22H,9,14-17H2,1-2H3,(H,25,28)(H,26,27)/t22-/m0/s1. The van der Waals surface area contributed by atoms with E-state index in [-0.39, 0.29) is 29.6 Å². The van der Waals surface area contributed by atoms with E-state index in [1.54, 1.807) is 0 Å². The van der Waals surface area contributed by atoms with E-state index in [9.17, 15) is 9.59 Å². The van der Waals surface area contributed by atoms with Crippen molar-refractivity contribution >= 4 is 11.8 Å². The van der Waals surface area contributed by atoms with E-state index >= 15 is 0 Å². The maximum absolute atomic E-state index is 12.9. The summed E-state index contributed by atoms with van der Waals surface area (Å²) in [6.45, 7) is 4.54. The van der Waals surface area contributed by atoms with E-state index in [1.807, 2.05) is 50.2 Å². The van der Waals surface area contributed by atoms with Crippen LogP contribution in [-0.2, 0) is 21.4 Å². The zero-order valence-corrected chi connectivity index (χ0v) is 16.8. The molecule has 0 aromatic heterocycles. The predicted octanol–water partition coefficient (Wildman–Crippen LogP) is 3.61. The minimum absolute atomic E-state index is 0.0220. The van der Waals surface area contributed by atoms with Crippen molar-refractivity contribution in [2.45, 2.75) is 51.0 Å². The third-order valence-corrected chi connectivity index (χ3v) is 5.77. The number of carbonyl (C=O) groups is 2. The molecule has 3 rings (SSSR count). The van der Waals surface area contributed by atoms with Crippen LogP contribution in [0, 0.1) is 5.92 Å². The van der Waals surface area contributed by atoms with Gasteiger partial charge >= 0.3 is 0 Å². The van der Waals surface area contributed by atoms with E-state index < -0.39 is 6.04 Å². The summed E-state index contributed by atoms with van der Waals surface area (Å²) in [6, 6.07) is 19.5. The normalized spacial score (nSPS) is 16.1. The van der Waals surface area contributed by atoms with Crippen LogP contribution in [0.5, 0.6) is 0 Å². The number of hydrogen-bond acceptors (Lipinski definition) is 2. The zero-order chi connectivity index (χ0) is 20.0. The van der Waals surface area contributed by atoms with Gasteiger partial charge in [-0.05, 0) is 29.9 Å². The lowest BCUT2D eigenvalue weighted by Crippen LogP contribution is -2.53. The van der Waals surface area contributed by atoms with E-state index in [1.165, 1.54) is 12.0 Å². The van der Waals surface area contributed by atoms with Gasteiger partial charge in [0.1, 0.15) is 6.04 Å². The summed E-state index contributed by atoms with van der Waals surface area (Å²) in [4.78, 5) is 25.3. The number of rotatable bonds is 8. The third kappa shape index (κ3) is 4.80. The maximum Gasteiger partial charge on any atom is 0.242 e. The summed E-state index contributed by atoms with van der Waals surface area (Å²) >= 11 is 0. The third-order valence-electron chi connectivity index (χ3n) is 5.77. The van der Waals surface area contributed by atoms with Gasteiger partial charge in [-0.15, -0.1) is 0 Å². The molecule has 2 amide bonds. The topological polar surface area (TPSA) is 58.2 Å². The van der Waals surface area contributed by atoms with Crippen LogP contribution in [0.2, 0.25) is 0 Å². The molecule has 1 aliphatic rings. The van der Waals surface area contributed by atoms with Crippen LogP contribution in [-0.4, -0.2) is 24.4 Å². The van der Waals surface area contributed by atoms with Crippen LogP contribution < -0.4 is 10.6 Å². The highest BCUT2D eigenvalue weighted by atomic mass is 16.2. The van der Waals surface area contributed by atoms with Crippen molar-refractivity contribution in [2.24, 2.45) is 5.92 Å². The fourth-order valence-electron chi connectivity index (χ4n) is 3.87. The van der Waals surface area contributed by atoms with Gasteiger partial charge in [0.15, 0.2) is 0 Å². The average Bonchev–Trinajstić information content (AvgIpc) is 2.66. The number of carbonyl (C=O) groups excluding carboxylic acids is 2. The van der Waals surface area contributed by atoms with Gasteiger partial charge in [0.25, 0.3) is 0 Å². The first kappa shape index (κ1) is 20.1. The van der Waals surface area contributed by atoms with Crippen molar-refractivity contribution < 1.29 is 9.59 Å². The van der Waals surface area contributed by atoms with Crippen LogP contribution in [0.15, 0.2) is 60.7 Å². The summed E-state index contributed by atoms with van der Waals surface area (Å²) in [7, 11) is 0. The fraction of sp³-hybridized carbons (Fsp3) is 0.417. The zero-order valence-electron chi connectivity index (χ0n) is 16.8. The first-order valence-corrected chi connectivity index (χ1v) is 10.2. The lowest BCUT2D eigenvalue weighted by Gasteiger charge is -2.43. The maximum atomic E-state index is 12.9. The highest BCUT2D eigenvalue weighted by Crippen LogP contribution is 2.43. The lowest BCUT2D eigenvalue weighted by molar-refractivity contribution is -0.130. The van der Waals surface area contributed by atoms with Crippen LogP contribution in [0.25, 0.3) is 0 Å². The number of amides is 2. The molecule has 1 atom stereocenters. The Labute approximate surface area is 167 Å². The minimum atomic E-state index is -0.524. The molecule has 0 unspecified atom stereocenters. The molecule has 0 saturated heterocycles. The molecule has 1 saturated carbocycles. The Hall–Kier alpha value is -2.62. The first-order valence-electron chi connectivity index (χ1n) is 10.2. The molecule has 0 heterocycles. The predicted molar refractivity (Wildman–Crippen MR) is 112 cm³/mol. The molecule has 2 N–H and O–H groups in total. The van der Waals surface area contributed by atoms with Gasteiger partial charge in [0.05, 0.1) is 6.42 Å². The molecule has 148 valence electrons. The van der Waals surface area contributed by atoms with Gasteiger partial charge in [-0.25, -0.2) is 0 Å². The molecule has 2 aromatic carbocycles.